The van der Waals surface area contributed by atoms with Gasteiger partial charge in [-0.05, 0) is 19.3 Å². The second-order valence-electron chi connectivity index (χ2n) is 3.64. The van der Waals surface area contributed by atoms with Crippen molar-refractivity contribution in [2.75, 3.05) is 20.7 Å². The summed E-state index contributed by atoms with van der Waals surface area (Å²) < 4.78 is 0.830. The van der Waals surface area contributed by atoms with Gasteiger partial charge in [0.2, 0.25) is 0 Å². The van der Waals surface area contributed by atoms with Crippen LogP contribution in [0.1, 0.15) is 32.6 Å². The molecule has 0 aromatic carbocycles. The Morgan fingerprint density at radius 3 is 2.64 bits per heavy atom. The number of quaternary nitrogens is 1. The molecule has 1 aliphatic rings. The third kappa shape index (κ3) is 1.74. The van der Waals surface area contributed by atoms with Gasteiger partial charge in [0, 0.05) is 6.42 Å². The molecule has 0 amide bonds. The molecule has 2 nitrogen and oxygen atoms in total. The molecule has 1 saturated heterocycles. The molecule has 1 heterocycles. The summed E-state index contributed by atoms with van der Waals surface area (Å²) in [5.74, 6) is 0. The van der Waals surface area contributed by atoms with Gasteiger partial charge in [-0.1, -0.05) is 6.92 Å². The average molecular weight is 158 g/mol. The van der Waals surface area contributed by atoms with Crippen LogP contribution in [0.4, 0.5) is 0 Å². The van der Waals surface area contributed by atoms with Gasteiger partial charge in [-0.25, -0.2) is 4.84 Å². The van der Waals surface area contributed by atoms with Gasteiger partial charge in [-0.15, -0.1) is 0 Å². The van der Waals surface area contributed by atoms with Crippen molar-refractivity contribution in [1.29, 1.82) is 0 Å². The summed E-state index contributed by atoms with van der Waals surface area (Å²) in [6, 6.07) is 0.730. The van der Waals surface area contributed by atoms with E-state index in [1.165, 1.54) is 32.2 Å². The first-order chi connectivity index (χ1) is 5.23. The Morgan fingerprint density at radius 1 is 1.45 bits per heavy atom. The standard InChI is InChI=1S/C9H20NO/c1-4-9-7-5-6-8-10(9,2)11-3/h9H,4-8H2,1-3H3/q+1. The van der Waals surface area contributed by atoms with Gasteiger partial charge in [0.25, 0.3) is 0 Å². The zero-order valence-electron chi connectivity index (χ0n) is 7.97. The number of likely N-dealkylation sites (tertiary alicyclic amines) is 1. The maximum atomic E-state index is 5.52. The number of nitrogens with zero attached hydrogens (tertiary/aromatic N) is 1. The van der Waals surface area contributed by atoms with E-state index in [1.54, 1.807) is 0 Å². The van der Waals surface area contributed by atoms with Crippen LogP contribution < -0.4 is 0 Å². The van der Waals surface area contributed by atoms with Crippen LogP contribution in [0.5, 0.6) is 0 Å². The van der Waals surface area contributed by atoms with Crippen molar-refractivity contribution < 1.29 is 9.48 Å². The van der Waals surface area contributed by atoms with E-state index in [0.717, 1.165) is 10.7 Å². The third-order valence-electron chi connectivity index (χ3n) is 3.05. The van der Waals surface area contributed by atoms with Crippen LogP contribution in [0.3, 0.4) is 0 Å². The first-order valence-corrected chi connectivity index (χ1v) is 4.64. The fraction of sp³-hybridized carbons (Fsp3) is 1.00. The lowest BCUT2D eigenvalue weighted by molar-refractivity contribution is -1.11. The van der Waals surface area contributed by atoms with E-state index >= 15 is 0 Å². The highest BCUT2D eigenvalue weighted by molar-refractivity contribution is 4.60. The minimum absolute atomic E-state index is 0.730. The Balaban J connectivity index is 2.57. The Morgan fingerprint density at radius 2 is 2.18 bits per heavy atom. The molecule has 0 aliphatic carbocycles. The number of hydrogen-bond donors (Lipinski definition) is 0. The minimum atomic E-state index is 0.730. The SMILES string of the molecule is CCC1CCCC[N+]1(C)OC. The predicted molar refractivity (Wildman–Crippen MR) is 46.0 cm³/mol. The Labute approximate surface area is 69.7 Å². The number of hydroxylamine groups is 3. The van der Waals surface area contributed by atoms with Crippen LogP contribution >= 0.6 is 0 Å². The topological polar surface area (TPSA) is 9.23 Å². The second-order valence-corrected chi connectivity index (χ2v) is 3.64. The molecule has 0 spiro atoms. The van der Waals surface area contributed by atoms with Gasteiger partial charge in [0.1, 0.15) is 12.6 Å². The summed E-state index contributed by atoms with van der Waals surface area (Å²) in [4.78, 5) is 5.52. The van der Waals surface area contributed by atoms with E-state index < -0.39 is 0 Å². The monoisotopic (exact) mass is 158 g/mol. The third-order valence-corrected chi connectivity index (χ3v) is 3.05. The fourth-order valence-electron chi connectivity index (χ4n) is 2.09. The first-order valence-electron chi connectivity index (χ1n) is 4.64. The molecule has 2 heteroatoms. The van der Waals surface area contributed by atoms with Crippen LogP contribution in [-0.4, -0.2) is 31.4 Å². The maximum absolute atomic E-state index is 5.52. The highest BCUT2D eigenvalue weighted by atomic mass is 16.7. The van der Waals surface area contributed by atoms with E-state index in [0.29, 0.717) is 0 Å². The summed E-state index contributed by atoms with van der Waals surface area (Å²) in [6.07, 6.45) is 5.28. The zero-order valence-corrected chi connectivity index (χ0v) is 7.97. The summed E-state index contributed by atoms with van der Waals surface area (Å²) in [6.45, 7) is 3.44. The zero-order chi connectivity index (χ0) is 8.32. The maximum Gasteiger partial charge on any atom is 0.119 e. The molecule has 0 aromatic rings. The predicted octanol–water partition coefficient (Wildman–Crippen LogP) is 1.96. The Bertz CT molecular complexity index is 127. The normalized spacial score (nSPS) is 39.0. The van der Waals surface area contributed by atoms with Gasteiger partial charge in [-0.3, -0.25) is 0 Å². The Kier molecular flexibility index (Phi) is 2.90. The van der Waals surface area contributed by atoms with Gasteiger partial charge < -0.3 is 0 Å². The van der Waals surface area contributed by atoms with E-state index in [2.05, 4.69) is 14.0 Å². The molecule has 1 rings (SSSR count). The van der Waals surface area contributed by atoms with Crippen LogP contribution in [0.15, 0.2) is 0 Å². The minimum Gasteiger partial charge on any atom is -0.206 e. The molecule has 0 aromatic heterocycles. The van der Waals surface area contributed by atoms with Crippen LogP contribution in [0.25, 0.3) is 0 Å². The highest BCUT2D eigenvalue weighted by Crippen LogP contribution is 2.25. The van der Waals surface area contributed by atoms with E-state index in [4.69, 9.17) is 4.84 Å². The van der Waals surface area contributed by atoms with Crippen molar-refractivity contribution in [2.24, 2.45) is 0 Å². The lowest BCUT2D eigenvalue weighted by Crippen LogP contribution is -2.53. The van der Waals surface area contributed by atoms with Gasteiger partial charge in [0.15, 0.2) is 0 Å². The molecule has 11 heavy (non-hydrogen) atoms. The lowest BCUT2D eigenvalue weighted by atomic mass is 10.0. The number of rotatable bonds is 2. The summed E-state index contributed by atoms with van der Waals surface area (Å²) in [5.41, 5.74) is 0. The highest BCUT2D eigenvalue weighted by Gasteiger charge is 2.35. The lowest BCUT2D eigenvalue weighted by Gasteiger charge is -2.40. The average Bonchev–Trinajstić information content (AvgIpc) is 2.05. The number of piperidine rings is 1. The molecule has 0 N–H and O–H groups in total. The van der Waals surface area contributed by atoms with Crippen molar-refractivity contribution in [1.82, 2.24) is 0 Å². The molecule has 66 valence electrons. The largest absolute Gasteiger partial charge is 0.206 e. The summed E-state index contributed by atoms with van der Waals surface area (Å²) in [5, 5.41) is 0. The van der Waals surface area contributed by atoms with Crippen LogP contribution in [-0.2, 0) is 4.84 Å². The smallest absolute Gasteiger partial charge is 0.119 e. The molecule has 0 radical (unpaired) electrons. The Hall–Kier alpha value is -0.0800. The van der Waals surface area contributed by atoms with Crippen molar-refractivity contribution in [3.8, 4) is 0 Å². The van der Waals surface area contributed by atoms with E-state index in [1.807, 2.05) is 7.11 Å². The molecular weight excluding hydrogens is 138 g/mol. The molecular formula is C9H20NO+. The second kappa shape index (κ2) is 3.55. The molecule has 0 bridgehead atoms. The van der Waals surface area contributed by atoms with Gasteiger partial charge in [0.05, 0.1) is 14.2 Å². The molecule has 1 aliphatic heterocycles. The fourth-order valence-corrected chi connectivity index (χ4v) is 2.09. The van der Waals surface area contributed by atoms with Gasteiger partial charge >= 0.3 is 0 Å². The molecule has 2 unspecified atom stereocenters. The molecule has 2 atom stereocenters. The van der Waals surface area contributed by atoms with Crippen LogP contribution in [0.2, 0.25) is 0 Å². The van der Waals surface area contributed by atoms with E-state index in [9.17, 15) is 0 Å². The van der Waals surface area contributed by atoms with Crippen LogP contribution in [0, 0.1) is 0 Å². The van der Waals surface area contributed by atoms with Gasteiger partial charge in [-0.2, -0.15) is 4.65 Å². The molecule has 1 fully saturated rings. The van der Waals surface area contributed by atoms with Crippen molar-refractivity contribution in [2.45, 2.75) is 38.6 Å². The van der Waals surface area contributed by atoms with Crippen molar-refractivity contribution >= 4 is 0 Å². The quantitative estimate of drug-likeness (QED) is 0.558. The summed E-state index contributed by atoms with van der Waals surface area (Å²) in [7, 11) is 4.03. The molecule has 0 saturated carbocycles. The van der Waals surface area contributed by atoms with Crippen molar-refractivity contribution in [3.05, 3.63) is 0 Å². The summed E-state index contributed by atoms with van der Waals surface area (Å²) >= 11 is 0. The van der Waals surface area contributed by atoms with E-state index in [-0.39, 0.29) is 0 Å². The van der Waals surface area contributed by atoms with Crippen molar-refractivity contribution in [3.63, 3.8) is 0 Å². The first kappa shape index (κ1) is 9.01. The number of hydrogen-bond acceptors (Lipinski definition) is 1.